The van der Waals surface area contributed by atoms with E-state index in [1.807, 2.05) is 0 Å². The molecule has 1 unspecified atom stereocenters. The van der Waals surface area contributed by atoms with Gasteiger partial charge in [0.05, 0.1) is 0 Å². The molecule has 15 heavy (non-hydrogen) atoms. The van der Waals surface area contributed by atoms with E-state index >= 15 is 0 Å². The summed E-state index contributed by atoms with van der Waals surface area (Å²) in [7, 11) is 0. The molecule has 1 atom stereocenters. The van der Waals surface area contributed by atoms with Crippen LogP contribution in [0.4, 0.5) is 0 Å². The van der Waals surface area contributed by atoms with Crippen LogP contribution in [-0.4, -0.2) is 18.5 Å². The highest BCUT2D eigenvalue weighted by Gasteiger charge is 2.14. The molecule has 0 aromatic carbocycles. The zero-order chi connectivity index (χ0) is 11.7. The van der Waals surface area contributed by atoms with Crippen LogP contribution < -0.4 is 0 Å². The molecule has 92 valence electrons. The smallest absolute Gasteiger partial charge is 0.0468 e. The van der Waals surface area contributed by atoms with Gasteiger partial charge in [0.25, 0.3) is 0 Å². The largest absolute Gasteiger partial charge is 0.381 e. The molecule has 0 bridgehead atoms. The first-order valence-corrected chi connectivity index (χ1v) is 7.21. The quantitative estimate of drug-likeness (QED) is 0.464. The Kier molecular flexibility index (Phi) is 8.83. The summed E-state index contributed by atoms with van der Waals surface area (Å²) in [5.74, 6) is 0.779. The normalized spacial score (nSPS) is 14.2. The Morgan fingerprint density at radius 2 is 1.80 bits per heavy atom. The van der Waals surface area contributed by atoms with Crippen molar-refractivity contribution in [1.29, 1.82) is 0 Å². The van der Waals surface area contributed by atoms with Crippen LogP contribution in [0.5, 0.6) is 0 Å². The van der Waals surface area contributed by atoms with Gasteiger partial charge in [0.15, 0.2) is 0 Å². The zero-order valence-corrected chi connectivity index (χ0v) is 12.4. The first-order chi connectivity index (χ1) is 6.95. The topological polar surface area (TPSA) is 9.23 Å². The van der Waals surface area contributed by atoms with Crippen LogP contribution in [0.25, 0.3) is 0 Å². The Hall–Kier alpha value is 0.440. The fourth-order valence-electron chi connectivity index (χ4n) is 1.83. The maximum atomic E-state index is 5.60. The number of hydrogen-bond donors (Lipinski definition) is 0. The molecule has 0 amide bonds. The third-order valence-electron chi connectivity index (χ3n) is 2.39. The fourth-order valence-corrected chi connectivity index (χ4v) is 2.23. The molecule has 0 aromatic rings. The van der Waals surface area contributed by atoms with Crippen molar-refractivity contribution in [3.05, 3.63) is 0 Å². The van der Waals surface area contributed by atoms with Crippen molar-refractivity contribution in [2.45, 2.75) is 53.4 Å². The average molecular weight is 279 g/mol. The highest BCUT2D eigenvalue weighted by molar-refractivity contribution is 9.09. The molecule has 1 nitrogen and oxygen atoms in total. The first kappa shape index (κ1) is 15.4. The molecule has 0 fully saturated rings. The lowest BCUT2D eigenvalue weighted by atomic mass is 9.84. The molecule has 0 radical (unpaired) electrons. The molecule has 0 aromatic heterocycles. The number of hydrogen-bond acceptors (Lipinski definition) is 1. The lowest BCUT2D eigenvalue weighted by Gasteiger charge is -2.23. The second-order valence-corrected chi connectivity index (χ2v) is 6.46. The second-order valence-electron chi connectivity index (χ2n) is 5.67. The molecule has 0 saturated heterocycles. The van der Waals surface area contributed by atoms with E-state index in [9.17, 15) is 0 Å². The van der Waals surface area contributed by atoms with Gasteiger partial charge < -0.3 is 4.74 Å². The molecule has 0 saturated carbocycles. The van der Waals surface area contributed by atoms with Gasteiger partial charge in [-0.25, -0.2) is 0 Å². The summed E-state index contributed by atoms with van der Waals surface area (Å²) in [6.45, 7) is 11.1. The monoisotopic (exact) mass is 278 g/mol. The van der Waals surface area contributed by atoms with Gasteiger partial charge in [-0.05, 0) is 37.0 Å². The molecule has 0 aliphatic heterocycles. The summed E-state index contributed by atoms with van der Waals surface area (Å²) in [6.07, 6.45) is 4.89. The third-order valence-corrected chi connectivity index (χ3v) is 2.95. The summed E-state index contributed by atoms with van der Waals surface area (Å²) >= 11 is 3.42. The van der Waals surface area contributed by atoms with Crippen LogP contribution >= 0.6 is 15.9 Å². The molecular weight excluding hydrogens is 252 g/mol. The van der Waals surface area contributed by atoms with Gasteiger partial charge in [0.1, 0.15) is 0 Å². The Morgan fingerprint density at radius 1 is 1.13 bits per heavy atom. The van der Waals surface area contributed by atoms with Gasteiger partial charge in [-0.3, -0.25) is 0 Å². The minimum Gasteiger partial charge on any atom is -0.381 e. The minimum atomic E-state index is 0.454. The number of ether oxygens (including phenoxy) is 1. The maximum absolute atomic E-state index is 5.60. The van der Waals surface area contributed by atoms with E-state index in [0.29, 0.717) is 5.41 Å². The first-order valence-electron chi connectivity index (χ1n) is 6.09. The lowest BCUT2D eigenvalue weighted by molar-refractivity contribution is 0.113. The number of halogens is 1. The molecule has 2 heteroatoms. The molecule has 0 aliphatic rings. The van der Waals surface area contributed by atoms with E-state index in [1.54, 1.807) is 0 Å². The number of unbranched alkanes of at least 4 members (excludes halogenated alkanes) is 1. The molecule has 0 spiro atoms. The van der Waals surface area contributed by atoms with Crippen molar-refractivity contribution in [3.63, 3.8) is 0 Å². The molecule has 0 heterocycles. The van der Waals surface area contributed by atoms with Gasteiger partial charge in [-0.2, -0.15) is 0 Å². The van der Waals surface area contributed by atoms with Crippen LogP contribution in [0.2, 0.25) is 0 Å². The van der Waals surface area contributed by atoms with E-state index < -0.39 is 0 Å². The van der Waals surface area contributed by atoms with Crippen LogP contribution in [0, 0.1) is 11.3 Å². The summed E-state index contributed by atoms with van der Waals surface area (Å²) in [5, 5.41) is 1.09. The summed E-state index contributed by atoms with van der Waals surface area (Å²) in [5.41, 5.74) is 0.454. The van der Waals surface area contributed by atoms with Gasteiger partial charge in [0.2, 0.25) is 0 Å². The Labute approximate surface area is 104 Å². The van der Waals surface area contributed by atoms with E-state index in [2.05, 4.69) is 43.6 Å². The SMILES string of the molecule is CC(CCOCCCCBr)CC(C)(C)C. The van der Waals surface area contributed by atoms with Crippen molar-refractivity contribution >= 4 is 15.9 Å². The highest BCUT2D eigenvalue weighted by atomic mass is 79.9. The van der Waals surface area contributed by atoms with E-state index in [1.165, 1.54) is 25.7 Å². The fraction of sp³-hybridized carbons (Fsp3) is 1.00. The lowest BCUT2D eigenvalue weighted by Crippen LogP contribution is -2.12. The van der Waals surface area contributed by atoms with Gasteiger partial charge >= 0.3 is 0 Å². The average Bonchev–Trinajstić information content (AvgIpc) is 2.08. The van der Waals surface area contributed by atoms with E-state index in [-0.39, 0.29) is 0 Å². The van der Waals surface area contributed by atoms with Crippen LogP contribution in [-0.2, 0) is 4.74 Å². The molecular formula is C13H27BrO. The molecule has 0 N–H and O–H groups in total. The minimum absolute atomic E-state index is 0.454. The van der Waals surface area contributed by atoms with Gasteiger partial charge in [0, 0.05) is 18.5 Å². The van der Waals surface area contributed by atoms with E-state index in [4.69, 9.17) is 4.74 Å². The van der Waals surface area contributed by atoms with Crippen molar-refractivity contribution < 1.29 is 4.74 Å². The Bertz CT molecular complexity index is 140. The molecule has 0 aliphatic carbocycles. The summed E-state index contributed by atoms with van der Waals surface area (Å²) < 4.78 is 5.60. The van der Waals surface area contributed by atoms with Crippen LogP contribution in [0.3, 0.4) is 0 Å². The summed E-state index contributed by atoms with van der Waals surface area (Å²) in [6, 6.07) is 0. The predicted octanol–water partition coefficient (Wildman–Crippen LogP) is 4.64. The van der Waals surface area contributed by atoms with E-state index in [0.717, 1.165) is 24.5 Å². The van der Waals surface area contributed by atoms with Crippen molar-refractivity contribution in [2.75, 3.05) is 18.5 Å². The van der Waals surface area contributed by atoms with Crippen molar-refractivity contribution in [3.8, 4) is 0 Å². The van der Waals surface area contributed by atoms with Crippen LogP contribution in [0.1, 0.15) is 53.4 Å². The highest BCUT2D eigenvalue weighted by Crippen LogP contribution is 2.25. The predicted molar refractivity (Wildman–Crippen MR) is 71.7 cm³/mol. The number of alkyl halides is 1. The maximum Gasteiger partial charge on any atom is 0.0468 e. The zero-order valence-electron chi connectivity index (χ0n) is 10.8. The molecule has 0 rings (SSSR count). The number of rotatable bonds is 8. The van der Waals surface area contributed by atoms with Crippen LogP contribution in [0.15, 0.2) is 0 Å². The van der Waals surface area contributed by atoms with Gasteiger partial charge in [-0.15, -0.1) is 0 Å². The van der Waals surface area contributed by atoms with Crippen molar-refractivity contribution in [1.82, 2.24) is 0 Å². The van der Waals surface area contributed by atoms with Crippen molar-refractivity contribution in [2.24, 2.45) is 11.3 Å². The Balaban J connectivity index is 3.28. The standard InChI is InChI=1S/C13H27BrO/c1-12(11-13(2,3)4)7-10-15-9-6-5-8-14/h12H,5-11H2,1-4H3. The second kappa shape index (κ2) is 8.58. The van der Waals surface area contributed by atoms with Gasteiger partial charge in [-0.1, -0.05) is 43.6 Å². The Morgan fingerprint density at radius 3 is 2.33 bits per heavy atom. The summed E-state index contributed by atoms with van der Waals surface area (Å²) in [4.78, 5) is 0. The third kappa shape index (κ3) is 12.4.